The van der Waals surface area contributed by atoms with Crippen molar-refractivity contribution in [2.75, 3.05) is 12.5 Å². The minimum absolute atomic E-state index is 0.0227. The molecule has 0 aliphatic heterocycles. The van der Waals surface area contributed by atoms with Gasteiger partial charge in [-0.25, -0.2) is 4.98 Å². The first-order chi connectivity index (χ1) is 13.0. The molecule has 10 heteroatoms. The number of pyridine rings is 1. The van der Waals surface area contributed by atoms with Crippen molar-refractivity contribution >= 4 is 34.2 Å². The molecule has 0 spiro atoms. The minimum Gasteiger partial charge on any atom is -0.481 e. The van der Waals surface area contributed by atoms with Gasteiger partial charge in [0.15, 0.2) is 0 Å². The number of nitro groups is 2. The van der Waals surface area contributed by atoms with Gasteiger partial charge in [0.25, 0.3) is 5.69 Å². The summed E-state index contributed by atoms with van der Waals surface area (Å²) in [6.45, 7) is 0. The third-order valence-corrected chi connectivity index (χ3v) is 3.69. The van der Waals surface area contributed by atoms with Crippen molar-refractivity contribution in [2.45, 2.75) is 0 Å². The molecule has 2 aromatic carbocycles. The van der Waals surface area contributed by atoms with Crippen molar-refractivity contribution in [2.24, 2.45) is 5.10 Å². The lowest BCUT2D eigenvalue weighted by Gasteiger charge is -2.06. The van der Waals surface area contributed by atoms with Crippen molar-refractivity contribution < 1.29 is 14.6 Å². The van der Waals surface area contributed by atoms with E-state index in [2.05, 4.69) is 15.5 Å². The normalized spacial score (nSPS) is 10.9. The van der Waals surface area contributed by atoms with Crippen LogP contribution in [0.4, 0.5) is 17.1 Å². The molecule has 0 saturated heterocycles. The summed E-state index contributed by atoms with van der Waals surface area (Å²) in [5.74, 6) is 0.345. The summed E-state index contributed by atoms with van der Waals surface area (Å²) in [6, 6.07) is 12.5. The second-order valence-electron chi connectivity index (χ2n) is 5.37. The van der Waals surface area contributed by atoms with Gasteiger partial charge in [0.1, 0.15) is 5.69 Å². The van der Waals surface area contributed by atoms with E-state index in [1.165, 1.54) is 19.4 Å². The van der Waals surface area contributed by atoms with Gasteiger partial charge in [-0.05, 0) is 18.2 Å². The van der Waals surface area contributed by atoms with E-state index in [1.807, 2.05) is 30.3 Å². The fraction of sp³-hybridized carbons (Fsp3) is 0.0588. The number of para-hydroxylation sites is 1. The third kappa shape index (κ3) is 3.79. The second kappa shape index (κ2) is 7.44. The fourth-order valence-electron chi connectivity index (χ4n) is 2.42. The lowest BCUT2D eigenvalue weighted by molar-refractivity contribution is -0.393. The number of fused-ring (bicyclic) bond motifs is 1. The molecule has 1 aromatic heterocycles. The number of nitrogens with one attached hydrogen (secondary N) is 1. The van der Waals surface area contributed by atoms with Crippen molar-refractivity contribution in [1.29, 1.82) is 0 Å². The zero-order valence-electron chi connectivity index (χ0n) is 14.0. The van der Waals surface area contributed by atoms with Gasteiger partial charge in [-0.3, -0.25) is 25.7 Å². The van der Waals surface area contributed by atoms with Crippen LogP contribution < -0.4 is 10.2 Å². The molecule has 0 aliphatic rings. The maximum Gasteiger partial charge on any atom is 0.301 e. The monoisotopic (exact) mass is 367 g/mol. The first-order valence-corrected chi connectivity index (χ1v) is 7.65. The standard InChI is InChI=1S/C17H13N5O5/c1-27-17-12(8-11-4-2-3-5-14(11)19-17)10-18-20-15-7-6-13(21(23)24)9-16(15)22(25)26/h2-10,20H,1H3. The van der Waals surface area contributed by atoms with Crippen LogP contribution in [0.1, 0.15) is 5.56 Å². The summed E-state index contributed by atoms with van der Waals surface area (Å²) in [7, 11) is 1.48. The number of nitro benzene ring substituents is 2. The fourth-order valence-corrected chi connectivity index (χ4v) is 2.42. The van der Waals surface area contributed by atoms with Crippen LogP contribution in [0.25, 0.3) is 10.9 Å². The van der Waals surface area contributed by atoms with Gasteiger partial charge in [-0.2, -0.15) is 5.10 Å². The van der Waals surface area contributed by atoms with E-state index in [4.69, 9.17) is 4.74 Å². The first-order valence-electron chi connectivity index (χ1n) is 7.65. The number of methoxy groups -OCH3 is 1. The Labute approximate surface area is 152 Å². The lowest BCUT2D eigenvalue weighted by Crippen LogP contribution is -2.00. The number of nitrogens with zero attached hydrogens (tertiary/aromatic N) is 4. The number of hydrogen-bond acceptors (Lipinski definition) is 8. The summed E-state index contributed by atoms with van der Waals surface area (Å²) in [5, 5.41) is 26.8. The molecule has 1 N–H and O–H groups in total. The number of anilines is 1. The minimum atomic E-state index is -0.719. The molecule has 0 bridgehead atoms. The molecular weight excluding hydrogens is 354 g/mol. The molecule has 27 heavy (non-hydrogen) atoms. The zero-order chi connectivity index (χ0) is 19.4. The summed E-state index contributed by atoms with van der Waals surface area (Å²) in [6.07, 6.45) is 1.41. The molecule has 3 aromatic rings. The highest BCUT2D eigenvalue weighted by Gasteiger charge is 2.19. The predicted molar refractivity (Wildman–Crippen MR) is 99.3 cm³/mol. The van der Waals surface area contributed by atoms with Gasteiger partial charge < -0.3 is 4.74 Å². The van der Waals surface area contributed by atoms with Crippen molar-refractivity contribution in [3.63, 3.8) is 0 Å². The SMILES string of the molecule is COc1nc2ccccc2cc1C=NNc1ccc([N+](=O)[O-])cc1[N+](=O)[O-]. The molecule has 1 heterocycles. The highest BCUT2D eigenvalue weighted by Crippen LogP contribution is 2.29. The molecule has 0 aliphatic carbocycles. The van der Waals surface area contributed by atoms with Gasteiger partial charge in [0, 0.05) is 11.5 Å². The molecule has 0 saturated carbocycles. The third-order valence-electron chi connectivity index (χ3n) is 3.69. The van der Waals surface area contributed by atoms with Crippen LogP contribution in [0.5, 0.6) is 5.88 Å². The highest BCUT2D eigenvalue weighted by molar-refractivity contribution is 5.91. The van der Waals surface area contributed by atoms with E-state index in [-0.39, 0.29) is 11.4 Å². The van der Waals surface area contributed by atoms with Gasteiger partial charge in [-0.1, -0.05) is 18.2 Å². The Morgan fingerprint density at radius 3 is 2.59 bits per heavy atom. The Morgan fingerprint density at radius 1 is 1.11 bits per heavy atom. The van der Waals surface area contributed by atoms with E-state index < -0.39 is 15.5 Å². The molecule has 3 rings (SSSR count). The van der Waals surface area contributed by atoms with Gasteiger partial charge in [0.2, 0.25) is 5.88 Å². The zero-order valence-corrected chi connectivity index (χ0v) is 14.0. The predicted octanol–water partition coefficient (Wildman–Crippen LogP) is 3.51. The van der Waals surface area contributed by atoms with Crippen LogP contribution in [0.2, 0.25) is 0 Å². The number of hydrogen-bond donors (Lipinski definition) is 1. The number of aromatic nitrogens is 1. The molecule has 136 valence electrons. The van der Waals surface area contributed by atoms with E-state index in [9.17, 15) is 20.2 Å². The largest absolute Gasteiger partial charge is 0.481 e. The topological polar surface area (TPSA) is 133 Å². The molecule has 0 radical (unpaired) electrons. The number of benzene rings is 2. The van der Waals surface area contributed by atoms with Gasteiger partial charge in [0.05, 0.1) is 40.3 Å². The van der Waals surface area contributed by atoms with Crippen LogP contribution in [-0.4, -0.2) is 28.2 Å². The molecular formula is C17H13N5O5. The number of hydrazone groups is 1. The van der Waals surface area contributed by atoms with E-state index in [0.29, 0.717) is 11.4 Å². The maximum absolute atomic E-state index is 11.1. The average molecular weight is 367 g/mol. The maximum atomic E-state index is 11.1. The number of rotatable bonds is 6. The van der Waals surface area contributed by atoms with Gasteiger partial charge in [-0.15, -0.1) is 0 Å². The summed E-state index contributed by atoms with van der Waals surface area (Å²) >= 11 is 0. The summed E-state index contributed by atoms with van der Waals surface area (Å²) in [5.41, 5.74) is 3.04. The Morgan fingerprint density at radius 2 is 1.89 bits per heavy atom. The van der Waals surface area contributed by atoms with E-state index in [0.717, 1.165) is 23.0 Å². The first kappa shape index (κ1) is 17.7. The quantitative estimate of drug-likeness (QED) is 0.400. The molecule has 0 atom stereocenters. The Hall–Kier alpha value is -4.08. The van der Waals surface area contributed by atoms with Crippen molar-refractivity contribution in [3.8, 4) is 5.88 Å². The Balaban J connectivity index is 1.90. The molecule has 0 unspecified atom stereocenters. The van der Waals surface area contributed by atoms with E-state index >= 15 is 0 Å². The van der Waals surface area contributed by atoms with Crippen molar-refractivity contribution in [1.82, 2.24) is 4.98 Å². The smallest absolute Gasteiger partial charge is 0.301 e. The highest BCUT2D eigenvalue weighted by atomic mass is 16.6. The summed E-state index contributed by atoms with van der Waals surface area (Å²) in [4.78, 5) is 24.9. The van der Waals surface area contributed by atoms with Crippen LogP contribution in [-0.2, 0) is 0 Å². The Bertz CT molecular complexity index is 1070. The van der Waals surface area contributed by atoms with Crippen LogP contribution in [0, 0.1) is 20.2 Å². The van der Waals surface area contributed by atoms with Crippen LogP contribution in [0.15, 0.2) is 53.6 Å². The number of non-ortho nitro benzene ring substituents is 1. The summed E-state index contributed by atoms with van der Waals surface area (Å²) < 4.78 is 5.25. The van der Waals surface area contributed by atoms with Crippen LogP contribution >= 0.6 is 0 Å². The molecule has 10 nitrogen and oxygen atoms in total. The molecule has 0 fully saturated rings. The number of ether oxygens (including phenoxy) is 1. The Kier molecular flexibility index (Phi) is 4.88. The van der Waals surface area contributed by atoms with E-state index in [1.54, 1.807) is 0 Å². The van der Waals surface area contributed by atoms with Gasteiger partial charge >= 0.3 is 5.69 Å². The average Bonchev–Trinajstić information content (AvgIpc) is 2.67. The molecule has 0 amide bonds. The van der Waals surface area contributed by atoms with Crippen LogP contribution in [0.3, 0.4) is 0 Å². The van der Waals surface area contributed by atoms with Crippen molar-refractivity contribution in [3.05, 3.63) is 74.3 Å². The lowest BCUT2D eigenvalue weighted by atomic mass is 10.1. The second-order valence-corrected chi connectivity index (χ2v) is 5.37.